The summed E-state index contributed by atoms with van der Waals surface area (Å²) in [5, 5.41) is 7.33. The zero-order valence-electron chi connectivity index (χ0n) is 19.0. The molecule has 0 radical (unpaired) electrons. The van der Waals surface area contributed by atoms with Gasteiger partial charge in [-0.1, -0.05) is 54.1 Å². The monoisotopic (exact) mass is 510 g/mol. The SMILES string of the molecule is Cn1nc(C(=O)Nc2cc(Cl)cc(NS(C)(=O)=O)c2)cc1-c1ccccc1OCc1ccccc1. The number of benzene rings is 3. The zero-order valence-corrected chi connectivity index (χ0v) is 20.6. The molecule has 8 nitrogen and oxygen atoms in total. The molecule has 0 aliphatic carbocycles. The number of amides is 1. The second-order valence-corrected chi connectivity index (χ2v) is 10.1. The Kier molecular flexibility index (Phi) is 7.09. The van der Waals surface area contributed by atoms with Crippen LogP contribution >= 0.6 is 11.6 Å². The second-order valence-electron chi connectivity index (χ2n) is 7.87. The molecule has 4 rings (SSSR count). The lowest BCUT2D eigenvalue weighted by atomic mass is 10.1. The molecule has 0 saturated heterocycles. The average Bonchev–Trinajstić information content (AvgIpc) is 3.18. The van der Waals surface area contributed by atoms with Crippen LogP contribution in [0.4, 0.5) is 11.4 Å². The van der Waals surface area contributed by atoms with Gasteiger partial charge >= 0.3 is 0 Å². The van der Waals surface area contributed by atoms with Crippen molar-refractivity contribution in [1.29, 1.82) is 0 Å². The fourth-order valence-corrected chi connectivity index (χ4v) is 4.28. The summed E-state index contributed by atoms with van der Waals surface area (Å²) in [5.41, 5.74) is 3.27. The number of carbonyl (C=O) groups is 1. The van der Waals surface area contributed by atoms with Crippen molar-refractivity contribution in [2.45, 2.75) is 6.61 Å². The first kappa shape index (κ1) is 24.3. The van der Waals surface area contributed by atoms with Crippen LogP contribution in [0.3, 0.4) is 0 Å². The molecule has 4 aromatic rings. The maximum atomic E-state index is 12.9. The highest BCUT2D eigenvalue weighted by Crippen LogP contribution is 2.31. The summed E-state index contributed by atoms with van der Waals surface area (Å²) in [7, 11) is -1.76. The quantitative estimate of drug-likeness (QED) is 0.349. The van der Waals surface area contributed by atoms with Crippen molar-refractivity contribution in [1.82, 2.24) is 9.78 Å². The van der Waals surface area contributed by atoms with E-state index >= 15 is 0 Å². The molecule has 1 aromatic heterocycles. The molecule has 0 spiro atoms. The predicted octanol–water partition coefficient (Wildman–Crippen LogP) is 4.94. The highest BCUT2D eigenvalue weighted by molar-refractivity contribution is 7.92. The summed E-state index contributed by atoms with van der Waals surface area (Å²) in [5.74, 6) is 0.194. The molecule has 0 aliphatic heterocycles. The molecule has 3 aromatic carbocycles. The molecule has 0 saturated carbocycles. The van der Waals surface area contributed by atoms with Gasteiger partial charge in [-0.05, 0) is 42.0 Å². The van der Waals surface area contributed by atoms with Crippen LogP contribution < -0.4 is 14.8 Å². The lowest BCUT2D eigenvalue weighted by Gasteiger charge is -2.11. The largest absolute Gasteiger partial charge is 0.488 e. The van der Waals surface area contributed by atoms with Crippen LogP contribution in [0.2, 0.25) is 5.02 Å². The highest BCUT2D eigenvalue weighted by atomic mass is 35.5. The van der Waals surface area contributed by atoms with Gasteiger partial charge in [0.15, 0.2) is 5.69 Å². The number of rotatable bonds is 8. The first-order chi connectivity index (χ1) is 16.7. The number of hydrogen-bond acceptors (Lipinski definition) is 5. The van der Waals surface area contributed by atoms with E-state index in [0.717, 1.165) is 17.4 Å². The number of anilines is 2. The number of nitrogens with zero attached hydrogens (tertiary/aromatic N) is 2. The molecule has 10 heteroatoms. The molecule has 1 heterocycles. The Labute approximate surface area is 208 Å². The van der Waals surface area contributed by atoms with E-state index in [-0.39, 0.29) is 16.4 Å². The van der Waals surface area contributed by atoms with Crippen molar-refractivity contribution in [3.63, 3.8) is 0 Å². The average molecular weight is 511 g/mol. The van der Waals surface area contributed by atoms with Gasteiger partial charge in [-0.15, -0.1) is 0 Å². The topological polar surface area (TPSA) is 102 Å². The van der Waals surface area contributed by atoms with E-state index in [1.807, 2.05) is 54.6 Å². The first-order valence-electron chi connectivity index (χ1n) is 10.6. The molecule has 0 bridgehead atoms. The summed E-state index contributed by atoms with van der Waals surface area (Å²) >= 11 is 6.09. The Morgan fingerprint density at radius 2 is 1.69 bits per heavy atom. The van der Waals surface area contributed by atoms with Gasteiger partial charge in [0.05, 0.1) is 17.6 Å². The number of carbonyl (C=O) groups excluding carboxylic acids is 1. The minimum atomic E-state index is -3.50. The summed E-state index contributed by atoms with van der Waals surface area (Å²) in [6, 6.07) is 23.5. The maximum Gasteiger partial charge on any atom is 0.276 e. The smallest absolute Gasteiger partial charge is 0.276 e. The van der Waals surface area contributed by atoms with Gasteiger partial charge in [0.2, 0.25) is 10.0 Å². The molecular weight excluding hydrogens is 488 g/mol. The van der Waals surface area contributed by atoms with E-state index in [0.29, 0.717) is 23.7 Å². The Morgan fingerprint density at radius 1 is 1.00 bits per heavy atom. The number of aryl methyl sites for hydroxylation is 1. The number of hydrogen-bond donors (Lipinski definition) is 2. The van der Waals surface area contributed by atoms with Gasteiger partial charge in [-0.25, -0.2) is 8.42 Å². The summed E-state index contributed by atoms with van der Waals surface area (Å²) in [6.07, 6.45) is 1.03. The molecule has 35 heavy (non-hydrogen) atoms. The van der Waals surface area contributed by atoms with Crippen molar-refractivity contribution in [3.05, 3.63) is 95.1 Å². The number of para-hydroxylation sites is 1. The van der Waals surface area contributed by atoms with Crippen LogP contribution in [0.25, 0.3) is 11.3 Å². The molecule has 0 unspecified atom stereocenters. The van der Waals surface area contributed by atoms with E-state index in [9.17, 15) is 13.2 Å². The van der Waals surface area contributed by atoms with Gasteiger partial charge in [0.25, 0.3) is 5.91 Å². The van der Waals surface area contributed by atoms with Crippen molar-refractivity contribution in [2.24, 2.45) is 7.05 Å². The lowest BCUT2D eigenvalue weighted by Crippen LogP contribution is -2.14. The molecule has 1 amide bonds. The third-order valence-corrected chi connectivity index (χ3v) is 5.80. The number of ether oxygens (including phenoxy) is 1. The van der Waals surface area contributed by atoms with Crippen molar-refractivity contribution >= 4 is 38.9 Å². The molecule has 0 aliphatic rings. The molecule has 180 valence electrons. The van der Waals surface area contributed by atoms with Gasteiger partial charge < -0.3 is 10.1 Å². The van der Waals surface area contributed by atoms with Gasteiger partial charge in [-0.2, -0.15) is 5.10 Å². The third-order valence-electron chi connectivity index (χ3n) is 4.97. The molecule has 0 atom stereocenters. The molecule has 0 fully saturated rings. The predicted molar refractivity (Wildman–Crippen MR) is 137 cm³/mol. The second kappa shape index (κ2) is 10.2. The first-order valence-corrected chi connectivity index (χ1v) is 12.8. The van der Waals surface area contributed by atoms with Crippen LogP contribution in [0.1, 0.15) is 16.1 Å². The van der Waals surface area contributed by atoms with Crippen molar-refractivity contribution < 1.29 is 17.9 Å². The van der Waals surface area contributed by atoms with Crippen LogP contribution in [-0.2, 0) is 23.7 Å². The van der Waals surface area contributed by atoms with Crippen LogP contribution in [-0.4, -0.2) is 30.4 Å². The van der Waals surface area contributed by atoms with E-state index in [4.69, 9.17) is 16.3 Å². The van der Waals surface area contributed by atoms with E-state index in [1.54, 1.807) is 17.8 Å². The van der Waals surface area contributed by atoms with Crippen LogP contribution in [0, 0.1) is 0 Å². The maximum absolute atomic E-state index is 12.9. The number of halogens is 1. The van der Waals surface area contributed by atoms with E-state index in [1.165, 1.54) is 18.2 Å². The highest BCUT2D eigenvalue weighted by Gasteiger charge is 2.17. The standard InChI is InChI=1S/C25H23ClN4O4S/c1-30-23(21-10-6-7-11-24(21)34-16-17-8-4-3-5-9-17)15-22(28-30)25(31)27-19-12-18(26)13-20(14-19)29-35(2,32)33/h3-15,29H,16H2,1-2H3,(H,27,31). The Balaban J connectivity index is 1.55. The van der Waals surface area contributed by atoms with Gasteiger partial charge in [0.1, 0.15) is 12.4 Å². The number of nitrogens with one attached hydrogen (secondary N) is 2. The number of sulfonamides is 1. The minimum absolute atomic E-state index is 0.179. The zero-order chi connectivity index (χ0) is 25.0. The van der Waals surface area contributed by atoms with Crippen molar-refractivity contribution in [2.75, 3.05) is 16.3 Å². The third kappa shape index (κ3) is 6.40. The Bertz CT molecular complexity index is 1470. The summed E-state index contributed by atoms with van der Waals surface area (Å²) in [6.45, 7) is 0.404. The summed E-state index contributed by atoms with van der Waals surface area (Å²) < 4.78 is 33.1. The summed E-state index contributed by atoms with van der Waals surface area (Å²) in [4.78, 5) is 12.9. The Hall–Kier alpha value is -3.82. The number of aromatic nitrogens is 2. The van der Waals surface area contributed by atoms with Crippen LogP contribution in [0.5, 0.6) is 5.75 Å². The van der Waals surface area contributed by atoms with Crippen molar-refractivity contribution in [3.8, 4) is 17.0 Å². The Morgan fingerprint density at radius 3 is 2.43 bits per heavy atom. The fourth-order valence-electron chi connectivity index (χ4n) is 3.50. The lowest BCUT2D eigenvalue weighted by molar-refractivity contribution is 0.102. The normalized spacial score (nSPS) is 11.2. The molecular formula is C25H23ClN4O4S. The van der Waals surface area contributed by atoms with E-state index < -0.39 is 15.9 Å². The minimum Gasteiger partial charge on any atom is -0.488 e. The fraction of sp³-hybridized carbons (Fsp3) is 0.120. The van der Waals surface area contributed by atoms with E-state index in [2.05, 4.69) is 15.1 Å². The molecule has 2 N–H and O–H groups in total. The van der Waals surface area contributed by atoms with Gasteiger partial charge in [0, 0.05) is 23.3 Å². The van der Waals surface area contributed by atoms with Crippen LogP contribution in [0.15, 0.2) is 78.9 Å². The van der Waals surface area contributed by atoms with Gasteiger partial charge in [-0.3, -0.25) is 14.2 Å².